The molecule has 0 aliphatic carbocycles. The average Bonchev–Trinajstić information content (AvgIpc) is 3.53. The summed E-state index contributed by atoms with van der Waals surface area (Å²) in [6.45, 7) is 5.63. The molecule has 0 spiro atoms. The fourth-order valence-corrected chi connectivity index (χ4v) is 6.34. The number of carbonyl (C=O) groups is 3. The molecule has 48 heavy (non-hydrogen) atoms. The van der Waals surface area contributed by atoms with Crippen molar-refractivity contribution in [2.45, 2.75) is 58.4 Å². The lowest BCUT2D eigenvalue weighted by atomic mass is 10.00. The van der Waals surface area contributed by atoms with Crippen molar-refractivity contribution in [1.82, 2.24) is 14.8 Å². The second kappa shape index (κ2) is 14.5. The minimum Gasteiger partial charge on any atom is -0.461 e. The second-order valence-electron chi connectivity index (χ2n) is 12.3. The summed E-state index contributed by atoms with van der Waals surface area (Å²) in [6.07, 6.45) is 1.42. The summed E-state index contributed by atoms with van der Waals surface area (Å²) in [4.78, 5) is 45.5. The molecule has 2 aromatic carbocycles. The van der Waals surface area contributed by atoms with Gasteiger partial charge in [-0.1, -0.05) is 47.7 Å². The van der Waals surface area contributed by atoms with Crippen molar-refractivity contribution in [2.24, 2.45) is 18.7 Å². The lowest BCUT2D eigenvalue weighted by Crippen LogP contribution is -2.44. The van der Waals surface area contributed by atoms with Crippen LogP contribution in [0.5, 0.6) is 0 Å². The molecule has 1 aliphatic heterocycles. The van der Waals surface area contributed by atoms with E-state index in [1.807, 2.05) is 35.2 Å². The van der Waals surface area contributed by atoms with Crippen LogP contribution in [0.3, 0.4) is 0 Å². The van der Waals surface area contributed by atoms with Crippen LogP contribution >= 0.6 is 11.3 Å². The zero-order valence-corrected chi connectivity index (χ0v) is 27.8. The fraction of sp³-hybridized carbons (Fsp3) is 0.364. The zero-order chi connectivity index (χ0) is 34.6. The van der Waals surface area contributed by atoms with Gasteiger partial charge in [-0.2, -0.15) is 5.10 Å². The summed E-state index contributed by atoms with van der Waals surface area (Å²) < 4.78 is 41.8. The smallest absolute Gasteiger partial charge is 0.412 e. The van der Waals surface area contributed by atoms with Crippen LogP contribution in [-0.4, -0.2) is 51.0 Å². The number of rotatable bonds is 8. The Morgan fingerprint density at radius 2 is 1.77 bits per heavy atom. The molecule has 5 rings (SSSR count). The number of nitrogens with zero attached hydrogens (tertiary/aromatic N) is 4. The van der Waals surface area contributed by atoms with Crippen molar-refractivity contribution >= 4 is 45.8 Å². The van der Waals surface area contributed by atoms with E-state index in [1.165, 1.54) is 12.3 Å². The number of anilines is 3. The quantitative estimate of drug-likeness (QED) is 0.189. The molecule has 12 nitrogen and oxygen atoms in total. The van der Waals surface area contributed by atoms with Crippen molar-refractivity contribution < 1.29 is 32.6 Å². The van der Waals surface area contributed by atoms with E-state index in [1.54, 1.807) is 32.5 Å². The molecule has 4 N–H and O–H groups in total. The van der Waals surface area contributed by atoms with Gasteiger partial charge in [-0.25, -0.2) is 18.6 Å². The number of benzene rings is 2. The van der Waals surface area contributed by atoms with E-state index in [9.17, 15) is 23.2 Å². The number of thiazole rings is 1. The molecule has 0 bridgehead atoms. The van der Waals surface area contributed by atoms with Gasteiger partial charge in [0.15, 0.2) is 11.5 Å². The van der Waals surface area contributed by atoms with Crippen LogP contribution in [0.15, 0.2) is 54.7 Å². The SMILES string of the molecule is Cn1ncc(NC(=O)c2nc(-c3c(F)cccc3F)sc2NC(=O)OC(C)(C)C)c1N1CCCC(C(=O)OCc2ccccc2)C[C@@H]1N. The molecular formula is C33H37F2N7O5S. The van der Waals surface area contributed by atoms with Crippen LogP contribution in [-0.2, 0) is 27.9 Å². The monoisotopic (exact) mass is 681 g/mol. The molecule has 4 aromatic rings. The summed E-state index contributed by atoms with van der Waals surface area (Å²) >= 11 is 0.721. The van der Waals surface area contributed by atoms with E-state index in [4.69, 9.17) is 15.2 Å². The maximum absolute atomic E-state index is 14.7. The predicted molar refractivity (Wildman–Crippen MR) is 177 cm³/mol. The van der Waals surface area contributed by atoms with Gasteiger partial charge in [-0.3, -0.25) is 19.6 Å². The molecule has 1 unspecified atom stereocenters. The molecule has 0 radical (unpaired) electrons. The van der Waals surface area contributed by atoms with Crippen LogP contribution in [0.2, 0.25) is 0 Å². The number of halogens is 2. The highest BCUT2D eigenvalue weighted by Crippen LogP contribution is 2.37. The van der Waals surface area contributed by atoms with Crippen LogP contribution in [0.1, 0.15) is 56.1 Å². The highest BCUT2D eigenvalue weighted by atomic mass is 32.1. The van der Waals surface area contributed by atoms with Crippen LogP contribution in [0.25, 0.3) is 10.6 Å². The number of hydrogen-bond acceptors (Lipinski definition) is 10. The molecule has 2 amide bonds. The van der Waals surface area contributed by atoms with Crippen LogP contribution in [0, 0.1) is 17.6 Å². The topological polar surface area (TPSA) is 154 Å². The third kappa shape index (κ3) is 8.15. The van der Waals surface area contributed by atoms with Gasteiger partial charge < -0.3 is 25.4 Å². The van der Waals surface area contributed by atoms with E-state index in [2.05, 4.69) is 20.7 Å². The van der Waals surface area contributed by atoms with E-state index >= 15 is 0 Å². The van der Waals surface area contributed by atoms with Gasteiger partial charge in [0.05, 0.1) is 23.8 Å². The molecule has 2 atom stereocenters. The zero-order valence-electron chi connectivity index (χ0n) is 27.0. The van der Waals surface area contributed by atoms with E-state index in [-0.39, 0.29) is 34.0 Å². The number of nitrogens with two attached hydrogens (primary N) is 1. The largest absolute Gasteiger partial charge is 0.461 e. The number of hydrogen-bond donors (Lipinski definition) is 3. The summed E-state index contributed by atoms with van der Waals surface area (Å²) in [5.41, 5.74) is 6.20. The highest BCUT2D eigenvalue weighted by Gasteiger charge is 2.33. The first-order valence-corrected chi connectivity index (χ1v) is 16.1. The third-order valence-corrected chi connectivity index (χ3v) is 8.48. The number of aryl methyl sites for hydroxylation is 1. The third-order valence-electron chi connectivity index (χ3n) is 7.50. The van der Waals surface area contributed by atoms with Gasteiger partial charge in [0.1, 0.15) is 39.5 Å². The van der Waals surface area contributed by atoms with Gasteiger partial charge in [0, 0.05) is 13.6 Å². The Labute approximate surface area is 280 Å². The fourth-order valence-electron chi connectivity index (χ4n) is 5.34. The Morgan fingerprint density at radius 1 is 1.06 bits per heavy atom. The van der Waals surface area contributed by atoms with Crippen molar-refractivity contribution in [1.29, 1.82) is 0 Å². The van der Waals surface area contributed by atoms with Crippen molar-refractivity contribution in [3.8, 4) is 10.6 Å². The first kappa shape index (κ1) is 34.4. The molecular weight excluding hydrogens is 644 g/mol. The highest BCUT2D eigenvalue weighted by molar-refractivity contribution is 7.19. The molecule has 1 aliphatic rings. The Hall–Kier alpha value is -4.89. The molecule has 3 heterocycles. The van der Waals surface area contributed by atoms with Gasteiger partial charge in [0.2, 0.25) is 0 Å². The molecule has 2 aromatic heterocycles. The summed E-state index contributed by atoms with van der Waals surface area (Å²) in [5.74, 6) is -2.82. The molecule has 0 saturated carbocycles. The van der Waals surface area contributed by atoms with Crippen molar-refractivity contribution in [2.75, 3.05) is 22.1 Å². The van der Waals surface area contributed by atoms with Crippen molar-refractivity contribution in [3.05, 3.63) is 77.6 Å². The number of ether oxygens (including phenoxy) is 2. The number of carbonyl (C=O) groups excluding carboxylic acids is 3. The Kier molecular flexibility index (Phi) is 10.4. The normalized spacial score (nSPS) is 16.6. The van der Waals surface area contributed by atoms with Gasteiger partial charge in [0.25, 0.3) is 5.91 Å². The summed E-state index contributed by atoms with van der Waals surface area (Å²) in [7, 11) is 1.69. The number of aromatic nitrogens is 3. The number of nitrogens with one attached hydrogen (secondary N) is 2. The second-order valence-corrected chi connectivity index (χ2v) is 13.3. The lowest BCUT2D eigenvalue weighted by molar-refractivity contribution is -0.150. The maximum Gasteiger partial charge on any atom is 0.412 e. The molecule has 1 fully saturated rings. The van der Waals surface area contributed by atoms with Crippen molar-refractivity contribution in [3.63, 3.8) is 0 Å². The van der Waals surface area contributed by atoms with E-state index < -0.39 is 46.9 Å². The average molecular weight is 682 g/mol. The Morgan fingerprint density at radius 3 is 2.46 bits per heavy atom. The van der Waals surface area contributed by atoms with Crippen LogP contribution < -0.4 is 21.3 Å². The standard InChI is InChI=1S/C33H37F2N7O5S/c1-33(2,3)47-32(45)40-29-26(39-28(48-29)25-21(34)13-8-14-22(25)35)27(43)38-23-17-37-41(4)30(23)42-15-9-12-20(16-24(42)36)31(44)46-18-19-10-6-5-7-11-19/h5-8,10-11,13-14,17,20,24H,9,12,15-16,18,36H2,1-4H3,(H,38,43)(H,40,45)/t20?,24-/m1/s1. The number of esters is 1. The molecule has 1 saturated heterocycles. The first-order chi connectivity index (χ1) is 22.8. The lowest BCUT2D eigenvalue weighted by Gasteiger charge is -2.30. The Balaban J connectivity index is 1.37. The predicted octanol–water partition coefficient (Wildman–Crippen LogP) is 6.06. The minimum absolute atomic E-state index is 0.0758. The van der Waals surface area contributed by atoms with Gasteiger partial charge >= 0.3 is 12.1 Å². The van der Waals surface area contributed by atoms with E-state index in [0.29, 0.717) is 31.6 Å². The summed E-state index contributed by atoms with van der Waals surface area (Å²) in [6, 6.07) is 12.8. The summed E-state index contributed by atoms with van der Waals surface area (Å²) in [5, 5.41) is 9.34. The Bertz CT molecular complexity index is 1770. The van der Waals surface area contributed by atoms with E-state index in [0.717, 1.165) is 29.0 Å². The van der Waals surface area contributed by atoms with Gasteiger partial charge in [-0.05, 0) is 57.7 Å². The first-order valence-electron chi connectivity index (χ1n) is 15.3. The molecule has 15 heteroatoms. The van der Waals surface area contributed by atoms with Gasteiger partial charge in [-0.15, -0.1) is 0 Å². The molecule has 254 valence electrons. The minimum atomic E-state index is -0.883. The maximum atomic E-state index is 14.7. The van der Waals surface area contributed by atoms with Crippen LogP contribution in [0.4, 0.5) is 30.1 Å². The number of amides is 2.